The van der Waals surface area contributed by atoms with E-state index in [2.05, 4.69) is 46.6 Å². The molecule has 0 atom stereocenters. The Kier molecular flexibility index (Phi) is 7.71. The zero-order valence-electron chi connectivity index (χ0n) is 25.8. The van der Waals surface area contributed by atoms with Gasteiger partial charge in [-0.15, -0.1) is 20.4 Å². The van der Waals surface area contributed by atoms with Crippen LogP contribution in [0.2, 0.25) is 0 Å². The molecule has 1 fully saturated rings. The molecule has 6 aromatic rings. The molecular formula is C34H29BrFN9O3. The quantitative estimate of drug-likeness (QED) is 0.229. The van der Waals surface area contributed by atoms with E-state index in [1.54, 1.807) is 37.2 Å². The van der Waals surface area contributed by atoms with Crippen LogP contribution in [0, 0.1) is 12.7 Å². The van der Waals surface area contributed by atoms with Crippen molar-refractivity contribution >= 4 is 27.5 Å². The van der Waals surface area contributed by atoms with E-state index in [0.717, 1.165) is 63.5 Å². The van der Waals surface area contributed by atoms with Gasteiger partial charge in [0.15, 0.2) is 17.4 Å². The zero-order chi connectivity index (χ0) is 32.8. The summed E-state index contributed by atoms with van der Waals surface area (Å²) in [4.78, 5) is 17.6. The average molecular weight is 711 g/mol. The summed E-state index contributed by atoms with van der Waals surface area (Å²) in [6.45, 7) is 4.23. The number of halogens is 2. The summed E-state index contributed by atoms with van der Waals surface area (Å²) in [6.07, 6.45) is 9.35. The number of amides is 1. The van der Waals surface area contributed by atoms with Gasteiger partial charge in [-0.25, -0.2) is 9.37 Å². The van der Waals surface area contributed by atoms with Crippen molar-refractivity contribution in [3.05, 3.63) is 101 Å². The monoisotopic (exact) mass is 709 g/mol. The van der Waals surface area contributed by atoms with Crippen molar-refractivity contribution in [2.24, 2.45) is 0 Å². The van der Waals surface area contributed by atoms with Gasteiger partial charge in [-0.05, 0) is 77.7 Å². The SMILES string of the molecule is Brc1cccc2c1OCCn1cnnc1-2.Cc1cc(F)c(C(=O)Nc2cccc3c2OCCn2cnnc2-3)cc1-n1cnc(C2CC2)c1. The van der Waals surface area contributed by atoms with E-state index in [4.69, 9.17) is 9.47 Å². The lowest BCUT2D eigenvalue weighted by atomic mass is 10.1. The summed E-state index contributed by atoms with van der Waals surface area (Å²) < 4.78 is 33.2. The highest BCUT2D eigenvalue weighted by Gasteiger charge is 2.27. The summed E-state index contributed by atoms with van der Waals surface area (Å²) in [5, 5.41) is 19.0. The predicted octanol–water partition coefficient (Wildman–Crippen LogP) is 6.20. The van der Waals surface area contributed by atoms with Gasteiger partial charge in [0, 0.05) is 12.1 Å². The molecule has 12 nitrogen and oxygen atoms in total. The van der Waals surface area contributed by atoms with Gasteiger partial charge in [-0.1, -0.05) is 12.1 Å². The Morgan fingerprint density at radius 2 is 1.58 bits per heavy atom. The molecule has 14 heteroatoms. The molecule has 1 amide bonds. The number of carbonyl (C=O) groups excluding carboxylic acids is 1. The molecular weight excluding hydrogens is 681 g/mol. The normalized spacial score (nSPS) is 14.4. The molecule has 3 aliphatic rings. The summed E-state index contributed by atoms with van der Waals surface area (Å²) in [5.74, 6) is 2.24. The van der Waals surface area contributed by atoms with E-state index in [-0.39, 0.29) is 5.56 Å². The molecule has 242 valence electrons. The Balaban J connectivity index is 0.000000186. The van der Waals surface area contributed by atoms with Crippen LogP contribution in [0.25, 0.3) is 28.5 Å². The number of rotatable bonds is 4. The third-order valence-corrected chi connectivity index (χ3v) is 9.13. The molecule has 5 heterocycles. The van der Waals surface area contributed by atoms with Crippen LogP contribution in [0.15, 0.2) is 78.2 Å². The fraction of sp³-hybridized carbons (Fsp3) is 0.235. The number of nitrogens with one attached hydrogen (secondary N) is 1. The van der Waals surface area contributed by atoms with Gasteiger partial charge >= 0.3 is 0 Å². The van der Waals surface area contributed by atoms with Crippen molar-refractivity contribution in [2.45, 2.75) is 38.8 Å². The van der Waals surface area contributed by atoms with Crippen LogP contribution < -0.4 is 14.8 Å². The summed E-state index contributed by atoms with van der Waals surface area (Å²) in [6, 6.07) is 14.3. The summed E-state index contributed by atoms with van der Waals surface area (Å²) in [7, 11) is 0. The second kappa shape index (κ2) is 12.3. The van der Waals surface area contributed by atoms with Crippen LogP contribution in [-0.2, 0) is 13.1 Å². The van der Waals surface area contributed by atoms with Crippen molar-refractivity contribution < 1.29 is 18.7 Å². The van der Waals surface area contributed by atoms with Gasteiger partial charge in [0.05, 0.1) is 57.6 Å². The molecule has 0 radical (unpaired) electrons. The number of fused-ring (bicyclic) bond motifs is 6. The first-order valence-corrected chi connectivity index (χ1v) is 16.3. The number of hydrogen-bond acceptors (Lipinski definition) is 8. The zero-order valence-corrected chi connectivity index (χ0v) is 27.4. The first kappa shape index (κ1) is 30.0. The van der Waals surface area contributed by atoms with Gasteiger partial charge in [0.1, 0.15) is 37.4 Å². The summed E-state index contributed by atoms with van der Waals surface area (Å²) in [5.41, 5.74) is 4.58. The highest BCUT2D eigenvalue weighted by Crippen LogP contribution is 2.40. The predicted molar refractivity (Wildman–Crippen MR) is 178 cm³/mol. The first-order chi connectivity index (χ1) is 23.4. The molecule has 3 aromatic heterocycles. The standard InChI is InChI=1S/C24H21FN6O2.C10H8BrN3O/c1-14-9-18(25)17(10-21(14)31-11-20(26-12-31)15-5-6-15)24(32)28-19-4-2-3-16-22(19)33-8-7-30-13-27-29-23(16)30;11-8-3-1-2-7-9(8)15-5-4-14-6-12-13-10(7)14/h2-4,9-13,15H,5-8H2,1H3,(H,28,32);1-3,6H,4-5H2. The number of imidazole rings is 1. The highest BCUT2D eigenvalue weighted by atomic mass is 79.9. The fourth-order valence-electron chi connectivity index (χ4n) is 5.91. The van der Waals surface area contributed by atoms with Crippen LogP contribution in [0.1, 0.15) is 40.4 Å². The van der Waals surface area contributed by atoms with E-state index in [0.29, 0.717) is 42.9 Å². The Morgan fingerprint density at radius 3 is 2.29 bits per heavy atom. The van der Waals surface area contributed by atoms with Crippen molar-refractivity contribution in [1.29, 1.82) is 0 Å². The van der Waals surface area contributed by atoms with Gasteiger partial charge in [-0.2, -0.15) is 0 Å². The van der Waals surface area contributed by atoms with Crippen LogP contribution >= 0.6 is 15.9 Å². The maximum Gasteiger partial charge on any atom is 0.258 e. The van der Waals surface area contributed by atoms with Gasteiger partial charge in [-0.3, -0.25) is 4.79 Å². The molecule has 1 N–H and O–H groups in total. The first-order valence-electron chi connectivity index (χ1n) is 15.5. The molecule has 0 unspecified atom stereocenters. The lowest BCUT2D eigenvalue weighted by Crippen LogP contribution is -2.16. The minimum atomic E-state index is -0.584. The molecule has 1 aliphatic carbocycles. The van der Waals surface area contributed by atoms with Crippen LogP contribution in [0.4, 0.5) is 10.1 Å². The van der Waals surface area contributed by atoms with Crippen LogP contribution in [0.5, 0.6) is 11.5 Å². The topological polar surface area (TPSA) is 127 Å². The molecule has 0 bridgehead atoms. The molecule has 48 heavy (non-hydrogen) atoms. The fourth-order valence-corrected chi connectivity index (χ4v) is 6.39. The number of aromatic nitrogens is 8. The van der Waals surface area contributed by atoms with E-state index < -0.39 is 11.7 Å². The van der Waals surface area contributed by atoms with E-state index in [1.165, 1.54) is 6.07 Å². The maximum absolute atomic E-state index is 14.9. The van der Waals surface area contributed by atoms with E-state index in [9.17, 15) is 9.18 Å². The van der Waals surface area contributed by atoms with Gasteiger partial charge < -0.3 is 28.5 Å². The Morgan fingerprint density at radius 1 is 0.917 bits per heavy atom. The number of hydrogen-bond donors (Lipinski definition) is 1. The van der Waals surface area contributed by atoms with E-state index in [1.807, 2.05) is 51.1 Å². The molecule has 0 saturated heterocycles. The number of para-hydroxylation sites is 2. The third-order valence-electron chi connectivity index (χ3n) is 8.51. The van der Waals surface area contributed by atoms with Crippen molar-refractivity contribution in [1.82, 2.24) is 39.1 Å². The van der Waals surface area contributed by atoms with Crippen molar-refractivity contribution in [2.75, 3.05) is 18.5 Å². The molecule has 1 saturated carbocycles. The number of benzene rings is 3. The smallest absolute Gasteiger partial charge is 0.258 e. The number of ether oxygens (including phenoxy) is 2. The second-order valence-electron chi connectivity index (χ2n) is 11.7. The lowest BCUT2D eigenvalue weighted by Gasteiger charge is -2.15. The minimum absolute atomic E-state index is 0.0494. The van der Waals surface area contributed by atoms with Gasteiger partial charge in [0.25, 0.3) is 5.91 Å². The number of aryl methyl sites for hydroxylation is 1. The number of carbonyl (C=O) groups is 1. The van der Waals surface area contributed by atoms with E-state index >= 15 is 0 Å². The third kappa shape index (κ3) is 5.61. The molecule has 9 rings (SSSR count). The highest BCUT2D eigenvalue weighted by molar-refractivity contribution is 9.10. The Hall–Kier alpha value is -5.37. The Labute approximate surface area is 282 Å². The van der Waals surface area contributed by atoms with Crippen molar-refractivity contribution in [3.63, 3.8) is 0 Å². The van der Waals surface area contributed by atoms with Crippen LogP contribution in [0.3, 0.4) is 0 Å². The number of anilines is 1. The maximum atomic E-state index is 14.9. The van der Waals surface area contributed by atoms with Crippen LogP contribution in [-0.4, -0.2) is 58.2 Å². The van der Waals surface area contributed by atoms with Gasteiger partial charge in [0.2, 0.25) is 0 Å². The molecule has 2 aliphatic heterocycles. The summed E-state index contributed by atoms with van der Waals surface area (Å²) >= 11 is 3.47. The molecule has 0 spiro atoms. The Bertz CT molecular complexity index is 2170. The number of nitrogens with zero attached hydrogens (tertiary/aromatic N) is 8. The minimum Gasteiger partial charge on any atom is -0.490 e. The van der Waals surface area contributed by atoms with Crippen molar-refractivity contribution in [3.8, 4) is 40.0 Å². The largest absolute Gasteiger partial charge is 0.490 e. The molecule has 3 aromatic carbocycles. The second-order valence-corrected chi connectivity index (χ2v) is 12.6. The average Bonchev–Trinajstić information content (AvgIpc) is 3.48. The lowest BCUT2D eigenvalue weighted by molar-refractivity contribution is 0.102.